The van der Waals surface area contributed by atoms with Crippen molar-refractivity contribution in [2.45, 2.75) is 0 Å². The van der Waals surface area contributed by atoms with E-state index in [2.05, 4.69) is 71.3 Å². The maximum atomic E-state index is 9.73. The number of para-hydroxylation sites is 4. The van der Waals surface area contributed by atoms with Crippen LogP contribution < -0.4 is 0 Å². The molecule has 0 radical (unpaired) electrons. The van der Waals surface area contributed by atoms with Gasteiger partial charge in [-0.15, -0.1) is 0 Å². The van der Waals surface area contributed by atoms with E-state index >= 15 is 0 Å². The van der Waals surface area contributed by atoms with E-state index in [0.29, 0.717) is 11.3 Å². The summed E-state index contributed by atoms with van der Waals surface area (Å²) in [5.41, 5.74) is 9.06. The van der Waals surface area contributed by atoms with E-state index in [9.17, 15) is 4.11 Å². The second kappa shape index (κ2) is 11.5. The number of benzene rings is 8. The molecule has 2 heterocycles. The summed E-state index contributed by atoms with van der Waals surface area (Å²) < 4.78 is 67.5. The predicted octanol–water partition coefficient (Wildman–Crippen LogP) is 12.9. The van der Waals surface area contributed by atoms with Crippen molar-refractivity contribution < 1.29 is 9.60 Å². The fourth-order valence-corrected chi connectivity index (χ4v) is 7.27. The second-order valence-electron chi connectivity index (χ2n) is 12.4. The molecule has 50 heavy (non-hydrogen) atoms. The zero-order valence-corrected chi connectivity index (χ0v) is 26.8. The van der Waals surface area contributed by atoms with E-state index in [4.69, 9.17) is 5.48 Å². The molecule has 0 bridgehead atoms. The molecule has 2 heteroatoms. The molecule has 0 amide bonds. The molecule has 0 aliphatic carbocycles. The van der Waals surface area contributed by atoms with Crippen molar-refractivity contribution in [3.63, 3.8) is 0 Å². The summed E-state index contributed by atoms with van der Waals surface area (Å²) in [6.07, 6.45) is 0. The molecular formula is C48H32N2. The van der Waals surface area contributed by atoms with E-state index in [0.717, 1.165) is 49.7 Å². The molecule has 0 aliphatic heterocycles. The summed E-state index contributed by atoms with van der Waals surface area (Å²) in [6.45, 7) is 0. The smallest absolute Gasteiger partial charge is 0.0645 e. The molecule has 0 aliphatic rings. The van der Waals surface area contributed by atoms with Crippen molar-refractivity contribution in [3.8, 4) is 44.8 Å². The molecular weight excluding hydrogens is 605 g/mol. The predicted molar refractivity (Wildman–Crippen MR) is 211 cm³/mol. The normalized spacial score (nSPS) is 13.6. The molecule has 10 aromatic rings. The first kappa shape index (κ1) is 22.1. The SMILES string of the molecule is [2H]c1c([2H])c([2H])c2c(c1[2H])c1c([2H])c(-c3ccc4c(c3)c3cccc(-c5ccc(-c6ccccc6)cc5)c3n4-c3ccccc3)c([2H])c([2H])c1n2-c1ccccc1. The summed E-state index contributed by atoms with van der Waals surface area (Å²) in [6, 6.07) is 48.5. The number of hydrogen-bond acceptors (Lipinski definition) is 0. The van der Waals surface area contributed by atoms with Gasteiger partial charge in [0.05, 0.1) is 31.7 Å². The van der Waals surface area contributed by atoms with E-state index in [1.165, 1.54) is 0 Å². The molecule has 0 unspecified atom stereocenters. The van der Waals surface area contributed by atoms with E-state index in [1.807, 2.05) is 72.8 Å². The minimum absolute atomic E-state index is 0.0685. The van der Waals surface area contributed by atoms with Crippen LogP contribution in [-0.4, -0.2) is 9.13 Å². The van der Waals surface area contributed by atoms with Crippen LogP contribution in [-0.2, 0) is 0 Å². The highest BCUT2D eigenvalue weighted by atomic mass is 15.0. The number of fused-ring (bicyclic) bond motifs is 6. The van der Waals surface area contributed by atoms with Crippen LogP contribution in [0.5, 0.6) is 0 Å². The van der Waals surface area contributed by atoms with Gasteiger partial charge in [-0.2, -0.15) is 0 Å². The van der Waals surface area contributed by atoms with Gasteiger partial charge in [0.15, 0.2) is 0 Å². The van der Waals surface area contributed by atoms with E-state index in [1.54, 1.807) is 16.7 Å². The molecule has 2 aromatic heterocycles. The first-order chi connectivity index (χ1) is 27.7. The van der Waals surface area contributed by atoms with Crippen molar-refractivity contribution in [3.05, 3.63) is 194 Å². The first-order valence-corrected chi connectivity index (χ1v) is 16.6. The lowest BCUT2D eigenvalue weighted by molar-refractivity contribution is 1.18. The van der Waals surface area contributed by atoms with Gasteiger partial charge in [0.1, 0.15) is 0 Å². The van der Waals surface area contributed by atoms with Gasteiger partial charge in [-0.05, 0) is 82.3 Å². The number of nitrogens with zero attached hydrogens (tertiary/aromatic N) is 2. The lowest BCUT2D eigenvalue weighted by Gasteiger charge is -2.12. The lowest BCUT2D eigenvalue weighted by atomic mass is 9.97. The monoisotopic (exact) mass is 643 g/mol. The molecule has 0 N–H and O–H groups in total. The highest BCUT2D eigenvalue weighted by Crippen LogP contribution is 2.41. The van der Waals surface area contributed by atoms with Gasteiger partial charge in [-0.3, -0.25) is 0 Å². The van der Waals surface area contributed by atoms with Crippen molar-refractivity contribution in [1.29, 1.82) is 0 Å². The molecule has 234 valence electrons. The minimum atomic E-state index is -0.414. The fourth-order valence-electron chi connectivity index (χ4n) is 7.27. The van der Waals surface area contributed by atoms with Gasteiger partial charge in [0.25, 0.3) is 0 Å². The molecule has 0 spiro atoms. The summed E-state index contributed by atoms with van der Waals surface area (Å²) in [5.74, 6) is 0. The fraction of sp³-hybridized carbons (Fsp3) is 0. The van der Waals surface area contributed by atoms with Crippen LogP contribution in [0.1, 0.15) is 9.60 Å². The van der Waals surface area contributed by atoms with Crippen LogP contribution in [0, 0.1) is 0 Å². The summed E-state index contributed by atoms with van der Waals surface area (Å²) in [7, 11) is 0. The van der Waals surface area contributed by atoms with Crippen molar-refractivity contribution >= 4 is 43.6 Å². The third-order valence-corrected chi connectivity index (χ3v) is 9.57. The van der Waals surface area contributed by atoms with E-state index < -0.39 is 12.1 Å². The molecule has 0 saturated heterocycles. The summed E-state index contributed by atoms with van der Waals surface area (Å²) >= 11 is 0. The highest BCUT2D eigenvalue weighted by molar-refractivity contribution is 6.15. The second-order valence-corrected chi connectivity index (χ2v) is 12.4. The number of rotatable bonds is 5. The Balaban J connectivity index is 1.25. The van der Waals surface area contributed by atoms with Crippen molar-refractivity contribution in [2.24, 2.45) is 0 Å². The molecule has 0 fully saturated rings. The largest absolute Gasteiger partial charge is 0.309 e. The quantitative estimate of drug-likeness (QED) is 0.177. The van der Waals surface area contributed by atoms with Crippen LogP contribution in [0.15, 0.2) is 194 Å². The maximum absolute atomic E-state index is 9.73. The summed E-state index contributed by atoms with van der Waals surface area (Å²) in [5, 5.41) is 2.27. The van der Waals surface area contributed by atoms with Gasteiger partial charge in [0.2, 0.25) is 0 Å². The molecule has 8 aromatic carbocycles. The zero-order chi connectivity index (χ0) is 39.1. The third kappa shape index (κ3) is 4.50. The highest BCUT2D eigenvalue weighted by Gasteiger charge is 2.18. The van der Waals surface area contributed by atoms with Crippen LogP contribution >= 0.6 is 0 Å². The Morgan fingerprint density at radius 2 is 0.980 bits per heavy atom. The zero-order valence-electron chi connectivity index (χ0n) is 33.8. The Kier molecular flexibility index (Phi) is 5.08. The lowest BCUT2D eigenvalue weighted by Crippen LogP contribution is -1.95. The van der Waals surface area contributed by atoms with Crippen molar-refractivity contribution in [1.82, 2.24) is 9.13 Å². The standard InChI is InChI=1S/C48H32N2/c1-4-13-33(14-5-1)34-23-25-35(26-24-34)40-20-12-21-42-44-32-37(28-30-47(44)50(48(40)42)39-17-8-3-9-18-39)36-27-29-46-43(31-36)41-19-10-11-22-45(41)49(46)38-15-6-2-7-16-38/h1-32H/i10D,11D,19D,22D,27D,29D,31D. The first-order valence-electron chi connectivity index (χ1n) is 20.1. The third-order valence-electron chi connectivity index (χ3n) is 9.57. The van der Waals surface area contributed by atoms with Gasteiger partial charge >= 0.3 is 0 Å². The van der Waals surface area contributed by atoms with E-state index in [-0.39, 0.29) is 57.6 Å². The van der Waals surface area contributed by atoms with Crippen LogP contribution in [0.3, 0.4) is 0 Å². The maximum Gasteiger partial charge on any atom is 0.0645 e. The molecule has 0 saturated carbocycles. The Hall–Kier alpha value is -6.64. The van der Waals surface area contributed by atoms with Gasteiger partial charge in [-0.25, -0.2) is 0 Å². The minimum Gasteiger partial charge on any atom is -0.309 e. The van der Waals surface area contributed by atoms with Crippen molar-refractivity contribution in [2.75, 3.05) is 0 Å². The Bertz CT molecular complexity index is 3230. The Morgan fingerprint density at radius 1 is 0.360 bits per heavy atom. The van der Waals surface area contributed by atoms with Crippen LogP contribution in [0.25, 0.3) is 88.4 Å². The molecule has 0 atom stereocenters. The molecule has 2 nitrogen and oxygen atoms in total. The number of hydrogen-bond donors (Lipinski definition) is 0. The Labute approximate surface area is 300 Å². The number of aromatic nitrogens is 2. The van der Waals surface area contributed by atoms with Gasteiger partial charge in [-0.1, -0.05) is 139 Å². The molecule has 10 rings (SSSR count). The van der Waals surface area contributed by atoms with Crippen LogP contribution in [0.2, 0.25) is 0 Å². The topological polar surface area (TPSA) is 9.86 Å². The van der Waals surface area contributed by atoms with Crippen LogP contribution in [0.4, 0.5) is 0 Å². The Morgan fingerprint density at radius 3 is 1.74 bits per heavy atom. The summed E-state index contributed by atoms with van der Waals surface area (Å²) in [4.78, 5) is 0. The average molecular weight is 644 g/mol. The van der Waals surface area contributed by atoms with Gasteiger partial charge < -0.3 is 9.13 Å². The van der Waals surface area contributed by atoms with Gasteiger partial charge in [0, 0.05) is 38.5 Å². The average Bonchev–Trinajstić information content (AvgIpc) is 3.80.